The molecule has 0 saturated heterocycles. The molecule has 128 valence electrons. The first kappa shape index (κ1) is 17.7. The van der Waals surface area contributed by atoms with Gasteiger partial charge in [0.15, 0.2) is 6.61 Å². The van der Waals surface area contributed by atoms with Crippen molar-refractivity contribution in [1.82, 2.24) is 5.32 Å². The molecular weight excluding hydrogens is 306 g/mol. The third kappa shape index (κ3) is 5.50. The fraction of sp³-hybridized carbons (Fsp3) is 0.316. The monoisotopic (exact) mass is 329 g/mol. The number of hydrogen-bond acceptors (Lipinski definition) is 4. The van der Waals surface area contributed by atoms with Crippen molar-refractivity contribution in [3.8, 4) is 17.2 Å². The number of benzene rings is 2. The van der Waals surface area contributed by atoms with Crippen LogP contribution in [0.5, 0.6) is 17.2 Å². The van der Waals surface area contributed by atoms with E-state index in [1.165, 1.54) is 0 Å². The largest absolute Gasteiger partial charge is 0.497 e. The smallest absolute Gasteiger partial charge is 0.258 e. The lowest BCUT2D eigenvalue weighted by atomic mass is 10.2. The summed E-state index contributed by atoms with van der Waals surface area (Å²) in [5, 5.41) is 2.85. The normalized spacial score (nSPS) is 11.5. The summed E-state index contributed by atoms with van der Waals surface area (Å²) in [5.74, 6) is 2.05. The minimum absolute atomic E-state index is 0.0161. The van der Waals surface area contributed by atoms with Crippen LogP contribution in [0.1, 0.15) is 12.5 Å². The third-order valence-corrected chi connectivity index (χ3v) is 3.42. The first-order chi connectivity index (χ1) is 11.6. The van der Waals surface area contributed by atoms with Gasteiger partial charge in [0.2, 0.25) is 0 Å². The maximum atomic E-state index is 11.9. The van der Waals surface area contributed by atoms with Gasteiger partial charge in [-0.2, -0.15) is 0 Å². The molecule has 0 bridgehead atoms. The molecule has 0 radical (unpaired) electrons. The molecule has 2 rings (SSSR count). The second-order valence-electron chi connectivity index (χ2n) is 5.51. The molecule has 0 aliphatic rings. The van der Waals surface area contributed by atoms with E-state index in [-0.39, 0.29) is 18.6 Å². The van der Waals surface area contributed by atoms with Crippen LogP contribution in [0.25, 0.3) is 0 Å². The first-order valence-corrected chi connectivity index (χ1v) is 7.83. The lowest BCUT2D eigenvalue weighted by Crippen LogP contribution is -2.39. The quantitative estimate of drug-likeness (QED) is 0.809. The average Bonchev–Trinajstić information content (AvgIpc) is 2.59. The number of rotatable bonds is 8. The van der Waals surface area contributed by atoms with E-state index >= 15 is 0 Å². The van der Waals surface area contributed by atoms with Crippen LogP contribution in [-0.4, -0.2) is 32.3 Å². The van der Waals surface area contributed by atoms with Crippen molar-refractivity contribution in [3.63, 3.8) is 0 Å². The molecule has 5 nitrogen and oxygen atoms in total. The Bertz CT molecular complexity index is 655. The van der Waals surface area contributed by atoms with Crippen LogP contribution in [0.2, 0.25) is 0 Å². The van der Waals surface area contributed by atoms with Gasteiger partial charge in [-0.25, -0.2) is 0 Å². The standard InChI is InChI=1S/C19H23NO4/c1-14-6-4-5-7-18(14)24-13-19(21)20-15(2)12-23-17-10-8-16(22-3)9-11-17/h4-11,15H,12-13H2,1-3H3,(H,20,21)/t15-/m0/s1. The van der Waals surface area contributed by atoms with E-state index in [1.807, 2.05) is 62.4 Å². The molecule has 0 unspecified atom stereocenters. The van der Waals surface area contributed by atoms with Crippen molar-refractivity contribution in [3.05, 3.63) is 54.1 Å². The summed E-state index contributed by atoms with van der Waals surface area (Å²) in [5.41, 5.74) is 1.00. The van der Waals surface area contributed by atoms with Crippen LogP contribution >= 0.6 is 0 Å². The predicted molar refractivity (Wildman–Crippen MR) is 92.8 cm³/mol. The van der Waals surface area contributed by atoms with E-state index < -0.39 is 0 Å². The first-order valence-electron chi connectivity index (χ1n) is 7.83. The maximum Gasteiger partial charge on any atom is 0.258 e. The molecule has 0 spiro atoms. The number of amides is 1. The van der Waals surface area contributed by atoms with Gasteiger partial charge in [-0.15, -0.1) is 0 Å². The summed E-state index contributed by atoms with van der Waals surface area (Å²) in [6.45, 7) is 4.19. The highest BCUT2D eigenvalue weighted by molar-refractivity contribution is 5.77. The average molecular weight is 329 g/mol. The van der Waals surface area contributed by atoms with Crippen LogP contribution in [0.15, 0.2) is 48.5 Å². The summed E-state index contributed by atoms with van der Waals surface area (Å²) in [7, 11) is 1.62. The van der Waals surface area contributed by atoms with Gasteiger partial charge in [0.25, 0.3) is 5.91 Å². The highest BCUT2D eigenvalue weighted by atomic mass is 16.5. The Balaban J connectivity index is 1.72. The zero-order chi connectivity index (χ0) is 17.4. The van der Waals surface area contributed by atoms with Gasteiger partial charge < -0.3 is 19.5 Å². The van der Waals surface area contributed by atoms with Crippen LogP contribution in [-0.2, 0) is 4.79 Å². The van der Waals surface area contributed by atoms with Crippen molar-refractivity contribution in [2.24, 2.45) is 0 Å². The minimum Gasteiger partial charge on any atom is -0.497 e. The van der Waals surface area contributed by atoms with Gasteiger partial charge in [-0.1, -0.05) is 18.2 Å². The van der Waals surface area contributed by atoms with Crippen molar-refractivity contribution in [1.29, 1.82) is 0 Å². The molecule has 5 heteroatoms. The number of carbonyl (C=O) groups is 1. The van der Waals surface area contributed by atoms with Crippen LogP contribution < -0.4 is 19.5 Å². The van der Waals surface area contributed by atoms with Gasteiger partial charge in [-0.05, 0) is 49.7 Å². The summed E-state index contributed by atoms with van der Waals surface area (Å²) in [6.07, 6.45) is 0. The second-order valence-corrected chi connectivity index (χ2v) is 5.51. The Kier molecular flexibility index (Phi) is 6.49. The number of carbonyl (C=O) groups excluding carboxylic acids is 1. The highest BCUT2D eigenvalue weighted by Gasteiger charge is 2.09. The Morgan fingerprint density at radius 3 is 2.38 bits per heavy atom. The number of methoxy groups -OCH3 is 1. The lowest BCUT2D eigenvalue weighted by molar-refractivity contribution is -0.123. The van der Waals surface area contributed by atoms with E-state index in [4.69, 9.17) is 14.2 Å². The van der Waals surface area contributed by atoms with E-state index in [2.05, 4.69) is 5.32 Å². The van der Waals surface area contributed by atoms with Crippen LogP contribution in [0.3, 0.4) is 0 Å². The molecular formula is C19H23NO4. The Labute approximate surface area is 142 Å². The van der Waals surface area contributed by atoms with Gasteiger partial charge in [-0.3, -0.25) is 4.79 Å². The molecule has 2 aromatic carbocycles. The number of nitrogens with one attached hydrogen (secondary N) is 1. The van der Waals surface area contributed by atoms with Crippen molar-refractivity contribution in [2.75, 3.05) is 20.3 Å². The minimum atomic E-state index is -0.177. The highest BCUT2D eigenvalue weighted by Crippen LogP contribution is 2.17. The Hall–Kier alpha value is -2.69. The number of aryl methyl sites for hydroxylation is 1. The van der Waals surface area contributed by atoms with Crippen LogP contribution in [0.4, 0.5) is 0 Å². The number of ether oxygens (including phenoxy) is 3. The van der Waals surface area contributed by atoms with Gasteiger partial charge >= 0.3 is 0 Å². The van der Waals surface area contributed by atoms with Crippen molar-refractivity contribution < 1.29 is 19.0 Å². The molecule has 0 aliphatic carbocycles. The maximum absolute atomic E-state index is 11.9. The molecule has 0 aromatic heterocycles. The van der Waals surface area contributed by atoms with Gasteiger partial charge in [0.05, 0.1) is 13.2 Å². The van der Waals surface area contributed by atoms with Crippen LogP contribution in [0, 0.1) is 6.92 Å². The molecule has 0 fully saturated rings. The zero-order valence-corrected chi connectivity index (χ0v) is 14.2. The Morgan fingerprint density at radius 2 is 1.71 bits per heavy atom. The molecule has 2 aromatic rings. The fourth-order valence-corrected chi connectivity index (χ4v) is 2.11. The molecule has 1 N–H and O–H groups in total. The summed E-state index contributed by atoms with van der Waals surface area (Å²) in [6, 6.07) is 14.8. The van der Waals surface area contributed by atoms with E-state index in [0.717, 1.165) is 22.8 Å². The van der Waals surface area contributed by atoms with Crippen molar-refractivity contribution in [2.45, 2.75) is 19.9 Å². The third-order valence-electron chi connectivity index (χ3n) is 3.42. The predicted octanol–water partition coefficient (Wildman–Crippen LogP) is 2.97. The summed E-state index contributed by atoms with van der Waals surface area (Å²) >= 11 is 0. The molecule has 0 saturated carbocycles. The molecule has 24 heavy (non-hydrogen) atoms. The summed E-state index contributed by atoms with van der Waals surface area (Å²) in [4.78, 5) is 11.9. The van der Waals surface area contributed by atoms with Gasteiger partial charge in [0.1, 0.15) is 23.9 Å². The molecule has 0 aliphatic heterocycles. The van der Waals surface area contributed by atoms with Gasteiger partial charge in [0, 0.05) is 0 Å². The van der Waals surface area contributed by atoms with E-state index in [1.54, 1.807) is 7.11 Å². The molecule has 1 amide bonds. The second kappa shape index (κ2) is 8.82. The lowest BCUT2D eigenvalue weighted by Gasteiger charge is -2.16. The number of para-hydroxylation sites is 1. The Morgan fingerprint density at radius 1 is 1.04 bits per heavy atom. The van der Waals surface area contributed by atoms with E-state index in [0.29, 0.717) is 6.61 Å². The zero-order valence-electron chi connectivity index (χ0n) is 14.2. The fourth-order valence-electron chi connectivity index (χ4n) is 2.11. The molecule has 1 atom stereocenters. The SMILES string of the molecule is COc1ccc(OC[C@H](C)NC(=O)COc2ccccc2C)cc1. The van der Waals surface area contributed by atoms with E-state index in [9.17, 15) is 4.79 Å². The van der Waals surface area contributed by atoms with Crippen molar-refractivity contribution >= 4 is 5.91 Å². The number of hydrogen-bond donors (Lipinski definition) is 1. The summed E-state index contributed by atoms with van der Waals surface area (Å²) < 4.78 is 16.3. The molecule has 0 heterocycles. The topological polar surface area (TPSA) is 56.8 Å².